The topological polar surface area (TPSA) is 29.5 Å². The van der Waals surface area contributed by atoms with E-state index < -0.39 is 4.84 Å². The molecule has 100 valence electrons. The number of benzene rings is 1. The number of ether oxygens (including phenoxy) is 1. The number of para-hydroxylation sites is 1. The number of carbonyl (C=O) groups excluding carboxylic acids is 1. The van der Waals surface area contributed by atoms with Gasteiger partial charge in [-0.1, -0.05) is 41.4 Å². The van der Waals surface area contributed by atoms with Crippen molar-refractivity contribution in [2.75, 3.05) is 24.7 Å². The van der Waals surface area contributed by atoms with E-state index >= 15 is 0 Å². The van der Waals surface area contributed by atoms with Crippen LogP contribution >= 0.6 is 23.2 Å². The minimum Gasteiger partial charge on any atom is -0.380 e. The lowest BCUT2D eigenvalue weighted by atomic mass is 10.2. The molecule has 1 aromatic carbocycles. The number of rotatable bonds is 6. The molecule has 0 atom stereocenters. The Bertz CT molecular complexity index is 396. The van der Waals surface area contributed by atoms with Crippen molar-refractivity contribution >= 4 is 34.8 Å². The van der Waals surface area contributed by atoms with Crippen molar-refractivity contribution in [1.82, 2.24) is 0 Å². The number of alkyl halides is 2. The van der Waals surface area contributed by atoms with Crippen molar-refractivity contribution in [3.8, 4) is 0 Å². The predicted octanol–water partition coefficient (Wildman–Crippen LogP) is 3.17. The molecule has 18 heavy (non-hydrogen) atoms. The lowest BCUT2D eigenvalue weighted by Gasteiger charge is -2.24. The minimum atomic E-state index is -1.06. The van der Waals surface area contributed by atoms with Gasteiger partial charge in [0.15, 0.2) is 4.84 Å². The summed E-state index contributed by atoms with van der Waals surface area (Å²) < 4.78 is 5.28. The fourth-order valence-corrected chi connectivity index (χ4v) is 1.87. The first kappa shape index (κ1) is 15.3. The lowest BCUT2D eigenvalue weighted by molar-refractivity contribution is -0.117. The fourth-order valence-electron chi connectivity index (χ4n) is 1.63. The lowest BCUT2D eigenvalue weighted by Crippen LogP contribution is -2.38. The Morgan fingerprint density at radius 3 is 2.61 bits per heavy atom. The summed E-state index contributed by atoms with van der Waals surface area (Å²) in [5.74, 6) is -0.327. The molecule has 0 aliphatic rings. The summed E-state index contributed by atoms with van der Waals surface area (Å²) in [7, 11) is 0. The highest BCUT2D eigenvalue weighted by Gasteiger charge is 2.22. The number of aryl methyl sites for hydroxylation is 1. The number of halogens is 2. The van der Waals surface area contributed by atoms with Crippen molar-refractivity contribution in [1.29, 1.82) is 0 Å². The molecule has 0 saturated carbocycles. The number of carbonyl (C=O) groups is 1. The first-order chi connectivity index (χ1) is 8.57. The van der Waals surface area contributed by atoms with Gasteiger partial charge in [0, 0.05) is 18.8 Å². The smallest absolute Gasteiger partial charge is 0.260 e. The second-order valence-electron chi connectivity index (χ2n) is 3.77. The maximum atomic E-state index is 12.0. The number of amides is 1. The monoisotopic (exact) mass is 289 g/mol. The van der Waals surface area contributed by atoms with Crippen LogP contribution in [0.15, 0.2) is 24.3 Å². The van der Waals surface area contributed by atoms with Gasteiger partial charge in [0.2, 0.25) is 0 Å². The van der Waals surface area contributed by atoms with Crippen LogP contribution in [0, 0.1) is 6.92 Å². The van der Waals surface area contributed by atoms with Crippen LogP contribution < -0.4 is 4.90 Å². The summed E-state index contributed by atoms with van der Waals surface area (Å²) >= 11 is 11.3. The molecule has 0 bridgehead atoms. The highest BCUT2D eigenvalue weighted by molar-refractivity contribution is 6.54. The summed E-state index contributed by atoms with van der Waals surface area (Å²) in [6.45, 7) is 5.35. The average molecular weight is 290 g/mol. The molecule has 0 saturated heterocycles. The van der Waals surface area contributed by atoms with Gasteiger partial charge in [0.25, 0.3) is 5.91 Å². The van der Waals surface area contributed by atoms with Gasteiger partial charge >= 0.3 is 0 Å². The third-order valence-electron chi connectivity index (χ3n) is 2.52. The second kappa shape index (κ2) is 7.62. The zero-order valence-corrected chi connectivity index (χ0v) is 12.0. The molecule has 0 aliphatic carbocycles. The van der Waals surface area contributed by atoms with E-state index in [1.165, 1.54) is 0 Å². The van der Waals surface area contributed by atoms with E-state index in [2.05, 4.69) is 0 Å². The summed E-state index contributed by atoms with van der Waals surface area (Å²) in [4.78, 5) is 12.5. The van der Waals surface area contributed by atoms with Gasteiger partial charge in [0.05, 0.1) is 6.61 Å². The molecule has 0 heterocycles. The van der Waals surface area contributed by atoms with Gasteiger partial charge in [-0.25, -0.2) is 0 Å². The second-order valence-corrected chi connectivity index (χ2v) is 4.87. The van der Waals surface area contributed by atoms with Crippen LogP contribution in [0.2, 0.25) is 0 Å². The SMILES string of the molecule is CCOCCN(C(=O)C(Cl)Cl)c1ccccc1C. The molecular weight excluding hydrogens is 273 g/mol. The van der Waals surface area contributed by atoms with E-state index in [4.69, 9.17) is 27.9 Å². The summed E-state index contributed by atoms with van der Waals surface area (Å²) in [6, 6.07) is 7.60. The quantitative estimate of drug-likeness (QED) is 0.595. The van der Waals surface area contributed by atoms with E-state index in [9.17, 15) is 4.79 Å². The maximum Gasteiger partial charge on any atom is 0.260 e. The van der Waals surface area contributed by atoms with Gasteiger partial charge in [-0.3, -0.25) is 4.79 Å². The fraction of sp³-hybridized carbons (Fsp3) is 0.462. The Hall–Kier alpha value is -0.770. The van der Waals surface area contributed by atoms with Crippen molar-refractivity contribution in [3.63, 3.8) is 0 Å². The maximum absolute atomic E-state index is 12.0. The molecule has 0 spiro atoms. The molecule has 0 radical (unpaired) electrons. The molecular formula is C13H17Cl2NO2. The third kappa shape index (κ3) is 4.16. The zero-order chi connectivity index (χ0) is 13.5. The van der Waals surface area contributed by atoms with Gasteiger partial charge in [0.1, 0.15) is 0 Å². The Morgan fingerprint density at radius 1 is 1.39 bits per heavy atom. The van der Waals surface area contributed by atoms with Crippen LogP contribution in [0.1, 0.15) is 12.5 Å². The van der Waals surface area contributed by atoms with Gasteiger partial charge in [-0.2, -0.15) is 0 Å². The van der Waals surface area contributed by atoms with Gasteiger partial charge in [-0.15, -0.1) is 0 Å². The number of hydrogen-bond acceptors (Lipinski definition) is 2. The molecule has 1 rings (SSSR count). The Balaban J connectivity index is 2.90. The van der Waals surface area contributed by atoms with Gasteiger partial charge < -0.3 is 9.64 Å². The highest BCUT2D eigenvalue weighted by Crippen LogP contribution is 2.21. The van der Waals surface area contributed by atoms with Crippen molar-refractivity contribution in [2.45, 2.75) is 18.7 Å². The molecule has 0 aliphatic heterocycles. The van der Waals surface area contributed by atoms with Crippen LogP contribution in [-0.4, -0.2) is 30.5 Å². The number of nitrogens with zero attached hydrogens (tertiary/aromatic N) is 1. The number of hydrogen-bond donors (Lipinski definition) is 0. The third-order valence-corrected chi connectivity index (χ3v) is 2.90. The molecule has 0 fully saturated rings. The zero-order valence-electron chi connectivity index (χ0n) is 10.5. The Morgan fingerprint density at radius 2 is 2.06 bits per heavy atom. The predicted molar refractivity (Wildman–Crippen MR) is 75.5 cm³/mol. The average Bonchev–Trinajstić information content (AvgIpc) is 2.35. The Labute approximate surface area is 118 Å². The van der Waals surface area contributed by atoms with E-state index in [0.29, 0.717) is 19.8 Å². The molecule has 1 amide bonds. The summed E-state index contributed by atoms with van der Waals surface area (Å²) in [5, 5.41) is 0. The van der Waals surface area contributed by atoms with Crippen LogP contribution in [0.3, 0.4) is 0 Å². The van der Waals surface area contributed by atoms with Crippen molar-refractivity contribution < 1.29 is 9.53 Å². The molecule has 3 nitrogen and oxygen atoms in total. The molecule has 0 aromatic heterocycles. The first-order valence-electron chi connectivity index (χ1n) is 5.80. The van der Waals surface area contributed by atoms with E-state index in [0.717, 1.165) is 11.3 Å². The molecule has 5 heteroatoms. The van der Waals surface area contributed by atoms with E-state index in [-0.39, 0.29) is 5.91 Å². The molecule has 0 unspecified atom stereocenters. The number of anilines is 1. The van der Waals surface area contributed by atoms with Crippen molar-refractivity contribution in [2.24, 2.45) is 0 Å². The van der Waals surface area contributed by atoms with Gasteiger partial charge in [-0.05, 0) is 25.5 Å². The van der Waals surface area contributed by atoms with Crippen LogP contribution in [0.4, 0.5) is 5.69 Å². The van der Waals surface area contributed by atoms with E-state index in [1.54, 1.807) is 4.90 Å². The largest absolute Gasteiger partial charge is 0.380 e. The Kier molecular flexibility index (Phi) is 6.47. The van der Waals surface area contributed by atoms with Crippen LogP contribution in [0.5, 0.6) is 0 Å². The molecule has 1 aromatic rings. The molecule has 0 N–H and O–H groups in total. The standard InChI is InChI=1S/C13H17Cl2NO2/c1-3-18-9-8-16(13(17)12(14)15)11-7-5-4-6-10(11)2/h4-7,12H,3,8-9H2,1-2H3. The van der Waals surface area contributed by atoms with Crippen LogP contribution in [-0.2, 0) is 9.53 Å². The summed E-state index contributed by atoms with van der Waals surface area (Å²) in [5.41, 5.74) is 1.81. The van der Waals surface area contributed by atoms with E-state index in [1.807, 2.05) is 38.1 Å². The normalized spacial score (nSPS) is 10.7. The summed E-state index contributed by atoms with van der Waals surface area (Å²) in [6.07, 6.45) is 0. The highest BCUT2D eigenvalue weighted by atomic mass is 35.5. The first-order valence-corrected chi connectivity index (χ1v) is 6.68. The minimum absolute atomic E-state index is 0.327. The van der Waals surface area contributed by atoms with Crippen LogP contribution in [0.25, 0.3) is 0 Å². The van der Waals surface area contributed by atoms with Crippen molar-refractivity contribution in [3.05, 3.63) is 29.8 Å².